The molecule has 38 heavy (non-hydrogen) atoms. The Morgan fingerprint density at radius 2 is 2.00 bits per heavy atom. The minimum Gasteiger partial charge on any atom is -0.444 e. The van der Waals surface area contributed by atoms with Crippen LogP contribution in [0.1, 0.15) is 56.5 Å². The van der Waals surface area contributed by atoms with Crippen LogP contribution in [0.5, 0.6) is 0 Å². The summed E-state index contributed by atoms with van der Waals surface area (Å²) in [4.78, 5) is 28.5. The van der Waals surface area contributed by atoms with E-state index in [0.29, 0.717) is 37.5 Å². The average molecular weight is 534 g/mol. The van der Waals surface area contributed by atoms with Crippen LogP contribution in [0.2, 0.25) is 5.02 Å². The highest BCUT2D eigenvalue weighted by Crippen LogP contribution is 2.41. The van der Waals surface area contributed by atoms with Crippen molar-refractivity contribution in [2.75, 3.05) is 18.0 Å². The van der Waals surface area contributed by atoms with Crippen molar-refractivity contribution in [1.29, 1.82) is 0 Å². The molecule has 2 aliphatic heterocycles. The molecule has 0 spiro atoms. The molecule has 0 radical (unpaired) electrons. The highest BCUT2D eigenvalue weighted by Gasteiger charge is 2.31. The summed E-state index contributed by atoms with van der Waals surface area (Å²) in [5, 5.41) is 9.25. The minimum atomic E-state index is -0.528. The molecule has 2 amide bonds. The number of aryl methyl sites for hydroxylation is 2. The summed E-state index contributed by atoms with van der Waals surface area (Å²) in [5.41, 5.74) is 6.33. The van der Waals surface area contributed by atoms with Gasteiger partial charge in [-0.15, -0.1) is 5.10 Å². The Hall–Kier alpha value is -3.65. The number of hydrogen-bond acceptors (Lipinski definition) is 5. The molecule has 1 aromatic heterocycles. The summed E-state index contributed by atoms with van der Waals surface area (Å²) in [5.74, 6) is 0. The van der Waals surface area contributed by atoms with Crippen molar-refractivity contribution in [1.82, 2.24) is 19.9 Å². The molecule has 0 bridgehead atoms. The number of halogens is 1. The molecule has 2 aliphatic rings. The third kappa shape index (κ3) is 5.18. The number of carbonyl (C=O) groups is 2. The molecule has 5 rings (SSSR count). The van der Waals surface area contributed by atoms with Gasteiger partial charge in [0.05, 0.1) is 17.4 Å². The predicted octanol–water partition coefficient (Wildman–Crippen LogP) is 6.04. The fourth-order valence-electron chi connectivity index (χ4n) is 5.21. The maximum absolute atomic E-state index is 12.5. The number of anilines is 1. The first kappa shape index (κ1) is 26.0. The number of fused-ring (bicyclic) bond motifs is 3. The Morgan fingerprint density at radius 1 is 1.18 bits per heavy atom. The zero-order chi connectivity index (χ0) is 27.0. The molecule has 8 nitrogen and oxygen atoms in total. The van der Waals surface area contributed by atoms with Crippen LogP contribution in [0, 0.1) is 6.92 Å². The van der Waals surface area contributed by atoms with Crippen molar-refractivity contribution < 1.29 is 14.3 Å². The van der Waals surface area contributed by atoms with E-state index in [1.165, 1.54) is 5.57 Å². The van der Waals surface area contributed by atoms with Gasteiger partial charge in [0.2, 0.25) is 6.41 Å². The zero-order valence-corrected chi connectivity index (χ0v) is 22.9. The summed E-state index contributed by atoms with van der Waals surface area (Å²) in [7, 11) is 0. The average Bonchev–Trinajstić information content (AvgIpc) is 3.16. The second-order valence-corrected chi connectivity index (χ2v) is 11.2. The van der Waals surface area contributed by atoms with E-state index in [2.05, 4.69) is 34.6 Å². The molecule has 0 aliphatic carbocycles. The van der Waals surface area contributed by atoms with E-state index in [0.717, 1.165) is 40.2 Å². The lowest BCUT2D eigenvalue weighted by atomic mass is 9.90. The summed E-state index contributed by atoms with van der Waals surface area (Å²) >= 11 is 6.28. The van der Waals surface area contributed by atoms with Crippen LogP contribution in [0.15, 0.2) is 48.5 Å². The largest absolute Gasteiger partial charge is 0.444 e. The number of rotatable bonds is 4. The van der Waals surface area contributed by atoms with E-state index >= 15 is 0 Å². The maximum atomic E-state index is 12.5. The van der Waals surface area contributed by atoms with Crippen molar-refractivity contribution in [2.24, 2.45) is 0 Å². The molecule has 9 heteroatoms. The van der Waals surface area contributed by atoms with E-state index in [1.54, 1.807) is 15.9 Å². The van der Waals surface area contributed by atoms with Gasteiger partial charge in [0, 0.05) is 35.9 Å². The number of nitrogens with zero attached hydrogens (tertiary/aromatic N) is 5. The van der Waals surface area contributed by atoms with Gasteiger partial charge in [-0.1, -0.05) is 41.1 Å². The molecule has 0 N–H and O–H groups in total. The topological polar surface area (TPSA) is 80.6 Å². The van der Waals surface area contributed by atoms with Crippen LogP contribution in [0.25, 0.3) is 16.8 Å². The molecular weight excluding hydrogens is 502 g/mol. The van der Waals surface area contributed by atoms with Crippen molar-refractivity contribution in [2.45, 2.75) is 58.7 Å². The molecule has 1 atom stereocenters. The van der Waals surface area contributed by atoms with Crippen LogP contribution >= 0.6 is 11.6 Å². The van der Waals surface area contributed by atoms with Gasteiger partial charge < -0.3 is 14.5 Å². The van der Waals surface area contributed by atoms with Gasteiger partial charge in [-0.2, -0.15) is 0 Å². The fourth-order valence-corrected chi connectivity index (χ4v) is 5.39. The third-order valence-corrected chi connectivity index (χ3v) is 7.21. The molecule has 2 aromatic carbocycles. The Kier molecular flexibility index (Phi) is 7.01. The van der Waals surface area contributed by atoms with Crippen molar-refractivity contribution in [3.8, 4) is 11.3 Å². The normalized spacial score (nSPS) is 17.1. The van der Waals surface area contributed by atoms with Gasteiger partial charge in [0.25, 0.3) is 0 Å². The molecule has 1 unspecified atom stereocenters. The smallest absolute Gasteiger partial charge is 0.410 e. The van der Waals surface area contributed by atoms with Gasteiger partial charge in [0.1, 0.15) is 5.60 Å². The quantitative estimate of drug-likeness (QED) is 0.382. The van der Waals surface area contributed by atoms with Gasteiger partial charge in [0.15, 0.2) is 0 Å². The second kappa shape index (κ2) is 10.3. The molecule has 0 saturated heterocycles. The Morgan fingerprint density at radius 3 is 2.68 bits per heavy atom. The van der Waals surface area contributed by atoms with Crippen molar-refractivity contribution in [3.05, 3.63) is 70.4 Å². The summed E-state index contributed by atoms with van der Waals surface area (Å²) in [6.07, 6.45) is 4.06. The van der Waals surface area contributed by atoms with E-state index in [9.17, 15) is 9.59 Å². The first-order valence-electron chi connectivity index (χ1n) is 12.9. The molecule has 3 heterocycles. The van der Waals surface area contributed by atoms with Crippen LogP contribution in [0.3, 0.4) is 0 Å². The number of amides is 2. The van der Waals surface area contributed by atoms with E-state index in [-0.39, 0.29) is 12.1 Å². The number of ether oxygens (including phenoxy) is 1. The summed E-state index contributed by atoms with van der Waals surface area (Å²) < 4.78 is 7.47. The minimum absolute atomic E-state index is 0.218. The van der Waals surface area contributed by atoms with Crippen LogP contribution in [-0.2, 0) is 16.1 Å². The zero-order valence-electron chi connectivity index (χ0n) is 22.1. The van der Waals surface area contributed by atoms with Gasteiger partial charge in [-0.25, -0.2) is 9.48 Å². The lowest BCUT2D eigenvalue weighted by Crippen LogP contribution is -2.39. The highest BCUT2D eigenvalue weighted by atomic mass is 35.5. The third-order valence-electron chi connectivity index (χ3n) is 6.97. The standard InChI is InChI=1S/C29H32ClN5O3/c1-19-27-24-9-8-21(20-10-13-33(14-11-20)28(37)38-29(2,3)4)16-25(24)26(12-15-35(27)32-31-19)34(18-36)23-7-5-6-22(30)17-23/h5-10,16-18,26H,11-15H2,1-4H3. The van der Waals surface area contributed by atoms with Gasteiger partial charge in [-0.3, -0.25) is 4.79 Å². The fraction of sp³-hybridized carbons (Fsp3) is 0.379. The Balaban J connectivity index is 1.52. The first-order chi connectivity index (χ1) is 18.1. The Bertz CT molecular complexity index is 1410. The predicted molar refractivity (Wildman–Crippen MR) is 148 cm³/mol. The number of benzene rings is 2. The van der Waals surface area contributed by atoms with Crippen LogP contribution < -0.4 is 4.90 Å². The van der Waals surface area contributed by atoms with Gasteiger partial charge >= 0.3 is 6.09 Å². The van der Waals surface area contributed by atoms with Gasteiger partial charge in [-0.05, 0) is 81.5 Å². The number of carbonyl (C=O) groups excluding carboxylic acids is 2. The van der Waals surface area contributed by atoms with Crippen LogP contribution in [-0.4, -0.2) is 51.1 Å². The highest BCUT2D eigenvalue weighted by molar-refractivity contribution is 6.30. The lowest BCUT2D eigenvalue weighted by molar-refractivity contribution is -0.108. The van der Waals surface area contributed by atoms with E-state index in [4.69, 9.17) is 16.3 Å². The van der Waals surface area contributed by atoms with Crippen molar-refractivity contribution in [3.63, 3.8) is 0 Å². The molecular formula is C29H32ClN5O3. The second-order valence-electron chi connectivity index (χ2n) is 10.8. The number of aromatic nitrogens is 3. The Labute approximate surface area is 227 Å². The molecule has 198 valence electrons. The first-order valence-corrected chi connectivity index (χ1v) is 13.2. The molecule has 0 fully saturated rings. The van der Waals surface area contributed by atoms with Crippen molar-refractivity contribution >= 4 is 35.4 Å². The van der Waals surface area contributed by atoms with E-state index in [1.807, 2.05) is 50.6 Å². The lowest BCUT2D eigenvalue weighted by Gasteiger charge is -2.31. The monoisotopic (exact) mass is 533 g/mol. The van der Waals surface area contributed by atoms with Crippen LogP contribution in [0.4, 0.5) is 10.5 Å². The SMILES string of the molecule is Cc1nnn2c1-c1ccc(C3=CCN(C(=O)OC(C)(C)C)CC3)cc1C(N(C=O)c1cccc(Cl)c1)CC2. The summed E-state index contributed by atoms with van der Waals surface area (Å²) in [6, 6.07) is 13.5. The van der Waals surface area contributed by atoms with E-state index < -0.39 is 5.60 Å². The number of hydrogen-bond donors (Lipinski definition) is 0. The molecule has 0 saturated carbocycles. The summed E-state index contributed by atoms with van der Waals surface area (Å²) in [6.45, 7) is 9.28. The maximum Gasteiger partial charge on any atom is 0.410 e. The molecule has 3 aromatic rings.